The molecule has 0 saturated heterocycles. The fourth-order valence-corrected chi connectivity index (χ4v) is 2.92. The minimum atomic E-state index is -1.10. The topological polar surface area (TPSA) is 152 Å². The molecule has 0 unspecified atom stereocenters. The summed E-state index contributed by atoms with van der Waals surface area (Å²) >= 11 is 0. The van der Waals surface area contributed by atoms with Crippen LogP contribution in [0.4, 0.5) is 0 Å². The van der Waals surface area contributed by atoms with Gasteiger partial charge in [-0.1, -0.05) is 78.1 Å². The van der Waals surface area contributed by atoms with E-state index in [-0.39, 0.29) is 11.1 Å². The van der Waals surface area contributed by atoms with Crippen molar-refractivity contribution in [3.8, 4) is 0 Å². The van der Waals surface area contributed by atoms with Gasteiger partial charge in [-0.3, -0.25) is 4.79 Å². The minimum Gasteiger partial charge on any atom is -0.481 e. The third-order valence-corrected chi connectivity index (χ3v) is 4.94. The van der Waals surface area contributed by atoms with Gasteiger partial charge in [-0.05, 0) is 43.5 Å². The molecule has 0 saturated carbocycles. The van der Waals surface area contributed by atoms with Crippen LogP contribution in [0.5, 0.6) is 0 Å². The predicted octanol–water partition coefficient (Wildman–Crippen LogP) is 5.95. The van der Waals surface area contributed by atoms with Gasteiger partial charge in [0, 0.05) is 6.42 Å². The predicted molar refractivity (Wildman–Crippen MR) is 132 cm³/mol. The van der Waals surface area contributed by atoms with Crippen molar-refractivity contribution in [1.29, 1.82) is 0 Å². The molecule has 0 heterocycles. The van der Waals surface area contributed by atoms with Gasteiger partial charge in [0.05, 0.1) is 11.1 Å². The van der Waals surface area contributed by atoms with E-state index in [4.69, 9.17) is 25.5 Å². The van der Waals surface area contributed by atoms with E-state index in [1.807, 2.05) is 0 Å². The Balaban J connectivity index is 0. The fourth-order valence-electron chi connectivity index (χ4n) is 2.92. The molecule has 0 radical (unpaired) electrons. The van der Waals surface area contributed by atoms with Crippen LogP contribution in [-0.2, 0) is 4.79 Å². The number of hydrogen-bond donors (Lipinski definition) is 5. The molecule has 34 heavy (non-hydrogen) atoms. The fraction of sp³-hybridized carbons (Fsp3) is 0.654. The van der Waals surface area contributed by atoms with Crippen LogP contribution in [0.1, 0.15) is 124 Å². The van der Waals surface area contributed by atoms with Crippen LogP contribution >= 0.6 is 0 Å². The second-order valence-electron chi connectivity index (χ2n) is 8.14. The number of unbranched alkanes of at least 4 members (excludes halogenated alkanes) is 10. The molecule has 1 aromatic rings. The van der Waals surface area contributed by atoms with Gasteiger partial charge in [0.25, 0.3) is 0 Å². The molecule has 196 valence electrons. The van der Waals surface area contributed by atoms with Gasteiger partial charge >= 0.3 is 17.9 Å². The summed E-state index contributed by atoms with van der Waals surface area (Å²) in [6.07, 6.45) is 14.1. The van der Waals surface area contributed by atoms with Crippen molar-refractivity contribution in [2.24, 2.45) is 0 Å². The van der Waals surface area contributed by atoms with E-state index in [0.29, 0.717) is 12.8 Å². The average molecular weight is 485 g/mol. The molecule has 0 aliphatic rings. The number of carboxylic acids is 3. The number of aromatic carboxylic acids is 2. The first-order chi connectivity index (χ1) is 16.1. The number of aliphatic hydroxyl groups excluding tert-OH is 1. The Labute approximate surface area is 203 Å². The van der Waals surface area contributed by atoms with Crippen LogP contribution in [0.25, 0.3) is 0 Å². The number of benzene rings is 1. The number of aliphatic hydroxyl groups is 2. The van der Waals surface area contributed by atoms with Crippen LogP contribution in [0.3, 0.4) is 0 Å². The lowest BCUT2D eigenvalue weighted by Crippen LogP contribution is -2.02. The van der Waals surface area contributed by atoms with Gasteiger partial charge in [-0.2, -0.15) is 0 Å². The maximum absolute atomic E-state index is 10.3. The highest BCUT2D eigenvalue weighted by atomic mass is 16.5. The van der Waals surface area contributed by atoms with Gasteiger partial charge < -0.3 is 25.5 Å². The molecule has 5 N–H and O–H groups in total. The second-order valence-corrected chi connectivity index (χ2v) is 8.14. The molecule has 0 fully saturated rings. The highest BCUT2D eigenvalue weighted by molar-refractivity contribution is 5.91. The third-order valence-electron chi connectivity index (χ3n) is 4.94. The Bertz CT molecular complexity index is 608. The van der Waals surface area contributed by atoms with Gasteiger partial charge in [0.2, 0.25) is 0 Å². The maximum Gasteiger partial charge on any atom is 0.335 e. The molecule has 0 aliphatic heterocycles. The van der Waals surface area contributed by atoms with E-state index in [1.165, 1.54) is 69.2 Å². The van der Waals surface area contributed by atoms with Crippen molar-refractivity contribution in [1.82, 2.24) is 0 Å². The maximum atomic E-state index is 10.3. The Morgan fingerprint density at radius 2 is 0.971 bits per heavy atom. The zero-order valence-corrected chi connectivity index (χ0v) is 20.7. The Morgan fingerprint density at radius 3 is 1.29 bits per heavy atom. The molecule has 0 amide bonds. The Hall–Kier alpha value is -2.45. The zero-order valence-electron chi connectivity index (χ0n) is 20.7. The van der Waals surface area contributed by atoms with Crippen molar-refractivity contribution < 1.29 is 39.9 Å². The molecule has 8 heteroatoms. The van der Waals surface area contributed by atoms with Gasteiger partial charge in [-0.15, -0.1) is 0 Å². The van der Waals surface area contributed by atoms with Crippen molar-refractivity contribution >= 4 is 17.9 Å². The summed E-state index contributed by atoms with van der Waals surface area (Å²) < 4.78 is 0. The Morgan fingerprint density at radius 1 is 0.618 bits per heavy atom. The van der Waals surface area contributed by atoms with E-state index < -0.39 is 24.2 Å². The summed E-state index contributed by atoms with van der Waals surface area (Å²) in [5, 5.41) is 42.0. The van der Waals surface area contributed by atoms with Crippen LogP contribution < -0.4 is 0 Å². The zero-order chi connectivity index (χ0) is 26.2. The number of carboxylic acid groups (broad SMARTS) is 3. The first-order valence-corrected chi connectivity index (χ1v) is 12.3. The highest BCUT2D eigenvalue weighted by Crippen LogP contribution is 2.10. The van der Waals surface area contributed by atoms with E-state index in [9.17, 15) is 14.4 Å². The molecule has 0 atom stereocenters. The van der Waals surface area contributed by atoms with E-state index in [2.05, 4.69) is 13.8 Å². The third kappa shape index (κ3) is 24.2. The van der Waals surface area contributed by atoms with Crippen molar-refractivity contribution in [2.45, 2.75) is 110 Å². The van der Waals surface area contributed by atoms with Crippen molar-refractivity contribution in [3.05, 3.63) is 35.4 Å². The normalized spacial score (nSPS) is 10.0. The lowest BCUT2D eigenvalue weighted by atomic mass is 10.1. The standard InChI is InChI=1S/C12H24O2.C8H6O4.C6H14O2/c1-2-3-4-5-6-7-8-9-10-11-12(13)14;9-7(10)5-1-2-6(4-3-5)8(11)12;1-2-3-4-5-6(7)8/h2-11H2,1H3,(H,13,14);1-4H,(H,9,10)(H,11,12);6-8H,2-5H2,1H3. The summed E-state index contributed by atoms with van der Waals surface area (Å²) in [5.41, 5.74) is 0.167. The summed E-state index contributed by atoms with van der Waals surface area (Å²) in [6, 6.07) is 5.02. The number of aliphatic carboxylic acids is 1. The molecule has 0 aliphatic carbocycles. The van der Waals surface area contributed by atoms with Crippen LogP contribution in [0.15, 0.2) is 24.3 Å². The van der Waals surface area contributed by atoms with Crippen LogP contribution in [0.2, 0.25) is 0 Å². The minimum absolute atomic E-state index is 0.0833. The molecule has 0 aromatic heterocycles. The summed E-state index contributed by atoms with van der Waals surface area (Å²) in [7, 11) is 0. The van der Waals surface area contributed by atoms with Gasteiger partial charge in [0.15, 0.2) is 6.29 Å². The summed E-state index contributed by atoms with van der Waals surface area (Å²) in [4.78, 5) is 30.9. The molecule has 8 nitrogen and oxygen atoms in total. The molecular weight excluding hydrogens is 440 g/mol. The van der Waals surface area contributed by atoms with E-state index >= 15 is 0 Å². The first-order valence-electron chi connectivity index (χ1n) is 12.3. The Kier molecular flexibility index (Phi) is 23.5. The van der Waals surface area contributed by atoms with Crippen molar-refractivity contribution in [2.75, 3.05) is 0 Å². The number of carbonyl (C=O) groups is 3. The lowest BCUT2D eigenvalue weighted by Gasteiger charge is -2.00. The second kappa shape index (κ2) is 23.7. The first kappa shape index (κ1) is 33.7. The van der Waals surface area contributed by atoms with Crippen LogP contribution in [-0.4, -0.2) is 49.7 Å². The average Bonchev–Trinajstić information content (AvgIpc) is 2.78. The molecule has 0 bridgehead atoms. The molecule has 1 rings (SSSR count). The molecular formula is C26H44O8. The summed E-state index contributed by atoms with van der Waals surface area (Å²) in [5.74, 6) is -2.79. The lowest BCUT2D eigenvalue weighted by molar-refractivity contribution is -0.137. The molecule has 1 aromatic carbocycles. The summed E-state index contributed by atoms with van der Waals surface area (Å²) in [6.45, 7) is 4.32. The molecule has 0 spiro atoms. The van der Waals surface area contributed by atoms with E-state index in [0.717, 1.165) is 32.1 Å². The number of rotatable bonds is 16. The SMILES string of the molecule is CCCCCC(O)O.CCCCCCCCCCCC(=O)O.O=C(O)c1ccc(C(=O)O)cc1. The smallest absolute Gasteiger partial charge is 0.335 e. The van der Waals surface area contributed by atoms with Crippen molar-refractivity contribution in [3.63, 3.8) is 0 Å². The van der Waals surface area contributed by atoms with Gasteiger partial charge in [-0.25, -0.2) is 9.59 Å². The number of hydrogen-bond acceptors (Lipinski definition) is 5. The largest absolute Gasteiger partial charge is 0.481 e. The monoisotopic (exact) mass is 484 g/mol. The van der Waals surface area contributed by atoms with Gasteiger partial charge in [0.1, 0.15) is 0 Å². The quantitative estimate of drug-likeness (QED) is 0.142. The van der Waals surface area contributed by atoms with E-state index in [1.54, 1.807) is 0 Å². The van der Waals surface area contributed by atoms with Crippen LogP contribution in [0, 0.1) is 0 Å². The highest BCUT2D eigenvalue weighted by Gasteiger charge is 2.04.